The van der Waals surface area contributed by atoms with Crippen LogP contribution in [-0.4, -0.2) is 59.9 Å². The Balaban J connectivity index is 4.27. The fourth-order valence-corrected chi connectivity index (χ4v) is 7.64. The molecule has 0 fully saturated rings. The summed E-state index contributed by atoms with van der Waals surface area (Å²) >= 11 is 0. The molecule has 0 aliphatic carbocycles. The number of hydrogen-bond donors (Lipinski definition) is 3. The van der Waals surface area contributed by atoms with E-state index in [4.69, 9.17) is 24.8 Å². The number of aliphatic carboxylic acids is 1. The van der Waals surface area contributed by atoms with Crippen LogP contribution in [0.15, 0.2) is 24.3 Å². The van der Waals surface area contributed by atoms with Crippen molar-refractivity contribution in [2.45, 2.75) is 244 Å². The van der Waals surface area contributed by atoms with E-state index in [9.17, 15) is 23.8 Å². The predicted octanol–water partition coefficient (Wildman–Crippen LogP) is 13.4. The monoisotopic (exact) mass is 872 g/mol. The predicted molar refractivity (Wildman–Crippen MR) is 245 cm³/mol. The van der Waals surface area contributed by atoms with Gasteiger partial charge in [-0.25, -0.2) is 4.57 Å². The van der Waals surface area contributed by atoms with Crippen molar-refractivity contribution in [2.24, 2.45) is 5.73 Å². The Morgan fingerprint density at radius 2 is 0.883 bits per heavy atom. The van der Waals surface area contributed by atoms with Crippen molar-refractivity contribution in [3.8, 4) is 0 Å². The van der Waals surface area contributed by atoms with E-state index in [0.29, 0.717) is 12.8 Å². The van der Waals surface area contributed by atoms with Gasteiger partial charge in [-0.15, -0.1) is 0 Å². The second-order valence-corrected chi connectivity index (χ2v) is 18.1. The van der Waals surface area contributed by atoms with Gasteiger partial charge in [-0.05, 0) is 44.9 Å². The van der Waals surface area contributed by atoms with Crippen LogP contribution in [-0.2, 0) is 37.5 Å². The largest absolute Gasteiger partial charge is 0.480 e. The van der Waals surface area contributed by atoms with Gasteiger partial charge in [0.25, 0.3) is 0 Å². The van der Waals surface area contributed by atoms with E-state index in [2.05, 4.69) is 42.7 Å². The van der Waals surface area contributed by atoms with Crippen LogP contribution in [0.1, 0.15) is 232 Å². The average molecular weight is 872 g/mol. The molecule has 4 N–H and O–H groups in total. The fourth-order valence-electron chi connectivity index (χ4n) is 6.86. The highest BCUT2D eigenvalue weighted by Crippen LogP contribution is 2.43. The van der Waals surface area contributed by atoms with Gasteiger partial charge in [0.15, 0.2) is 6.10 Å². The van der Waals surface area contributed by atoms with Crippen molar-refractivity contribution in [1.82, 2.24) is 0 Å². The highest BCUT2D eigenvalue weighted by molar-refractivity contribution is 7.47. The van der Waals surface area contributed by atoms with Gasteiger partial charge in [0.05, 0.1) is 13.2 Å². The van der Waals surface area contributed by atoms with Gasteiger partial charge in [0.2, 0.25) is 0 Å². The number of carbonyl (C=O) groups is 3. The molecule has 0 aliphatic heterocycles. The lowest BCUT2D eigenvalue weighted by Gasteiger charge is -2.20. The molecule has 0 saturated heterocycles. The minimum absolute atomic E-state index is 0.159. The first-order chi connectivity index (χ1) is 29.1. The fraction of sp³-hybridized carbons (Fsp3) is 0.854. The van der Waals surface area contributed by atoms with E-state index >= 15 is 0 Å². The van der Waals surface area contributed by atoms with Gasteiger partial charge in [0.1, 0.15) is 12.6 Å². The zero-order valence-corrected chi connectivity index (χ0v) is 39.2. The summed E-state index contributed by atoms with van der Waals surface area (Å²) in [7, 11) is -4.72. The number of phosphoric ester groups is 1. The van der Waals surface area contributed by atoms with E-state index in [-0.39, 0.29) is 19.4 Å². The van der Waals surface area contributed by atoms with Crippen molar-refractivity contribution < 1.29 is 47.5 Å². The van der Waals surface area contributed by atoms with E-state index in [0.717, 1.165) is 51.4 Å². The van der Waals surface area contributed by atoms with Gasteiger partial charge in [-0.1, -0.05) is 199 Å². The highest BCUT2D eigenvalue weighted by Gasteiger charge is 2.28. The molecule has 0 radical (unpaired) electrons. The number of carboxylic acid groups (broad SMARTS) is 1. The molecular formula is C48H90NO10P. The van der Waals surface area contributed by atoms with Crippen molar-refractivity contribution in [3.63, 3.8) is 0 Å². The zero-order chi connectivity index (χ0) is 44.2. The third kappa shape index (κ3) is 42.6. The summed E-state index contributed by atoms with van der Waals surface area (Å²) in [6, 6.07) is -1.52. The lowest BCUT2D eigenvalue weighted by Crippen LogP contribution is -2.34. The van der Waals surface area contributed by atoms with Gasteiger partial charge < -0.3 is 25.2 Å². The first kappa shape index (κ1) is 58.0. The standard InChI is InChI=1S/C48H90NO10P/c1-3-5-7-9-11-13-15-17-19-21-22-24-26-28-30-32-34-36-38-40-47(51)59-44(42-57-60(54,55)58-43-45(49)48(52)53)41-56-46(50)39-37-35-33-31-29-27-25-23-20-18-16-14-12-10-8-6-4-2/h11,13,17,19,44-45H,3-10,12,14-16,18,20-43,49H2,1-2H3,(H,52,53)(H,54,55)/b13-11+,19-17+/t44-,45+/m1/s1. The number of carboxylic acids is 1. The molecule has 11 nitrogen and oxygen atoms in total. The van der Waals surface area contributed by atoms with Crippen molar-refractivity contribution in [3.05, 3.63) is 24.3 Å². The number of unbranched alkanes of at least 4 members (excludes halogenated alkanes) is 28. The molecular weight excluding hydrogens is 781 g/mol. The Hall–Kier alpha value is -2.04. The van der Waals surface area contributed by atoms with Crippen LogP contribution in [0.25, 0.3) is 0 Å². The number of rotatable bonds is 46. The molecule has 0 aromatic carbocycles. The summed E-state index contributed by atoms with van der Waals surface area (Å²) < 4.78 is 32.8. The van der Waals surface area contributed by atoms with Crippen molar-refractivity contribution in [2.75, 3.05) is 19.8 Å². The van der Waals surface area contributed by atoms with Crippen LogP contribution in [0.2, 0.25) is 0 Å². The van der Waals surface area contributed by atoms with Crippen LogP contribution < -0.4 is 5.73 Å². The molecule has 352 valence electrons. The van der Waals surface area contributed by atoms with E-state index in [1.54, 1.807) is 0 Å². The minimum Gasteiger partial charge on any atom is -0.480 e. The number of ether oxygens (including phenoxy) is 2. The Morgan fingerprint density at radius 3 is 1.33 bits per heavy atom. The van der Waals surface area contributed by atoms with Crippen molar-refractivity contribution in [1.29, 1.82) is 0 Å². The molecule has 0 spiro atoms. The third-order valence-corrected chi connectivity index (χ3v) is 11.7. The maximum atomic E-state index is 12.7. The number of nitrogens with two attached hydrogens (primary N) is 1. The van der Waals surface area contributed by atoms with E-state index < -0.39 is 51.1 Å². The lowest BCUT2D eigenvalue weighted by atomic mass is 10.0. The molecule has 12 heteroatoms. The first-order valence-electron chi connectivity index (χ1n) is 24.4. The smallest absolute Gasteiger partial charge is 0.472 e. The summed E-state index contributed by atoms with van der Waals surface area (Å²) in [6.45, 7) is 2.81. The third-order valence-electron chi connectivity index (χ3n) is 10.7. The van der Waals surface area contributed by atoms with Gasteiger partial charge in [-0.2, -0.15) is 0 Å². The highest BCUT2D eigenvalue weighted by atomic mass is 31.2. The van der Waals surface area contributed by atoms with Crippen LogP contribution in [0.3, 0.4) is 0 Å². The van der Waals surface area contributed by atoms with Crippen LogP contribution in [0, 0.1) is 0 Å². The quantitative estimate of drug-likeness (QED) is 0.0230. The number of phosphoric acid groups is 1. The number of hydrogen-bond acceptors (Lipinski definition) is 9. The molecule has 0 bridgehead atoms. The second kappa shape index (κ2) is 43.6. The molecule has 0 aromatic heterocycles. The van der Waals surface area contributed by atoms with Crippen LogP contribution >= 0.6 is 7.82 Å². The molecule has 0 saturated carbocycles. The average Bonchev–Trinajstić information content (AvgIpc) is 3.22. The Bertz CT molecular complexity index is 1120. The minimum atomic E-state index is -4.72. The number of carbonyl (C=O) groups excluding carboxylic acids is 2. The summed E-state index contributed by atoms with van der Waals surface area (Å²) in [5, 5.41) is 8.91. The SMILES string of the molecule is CCCCC/C=C/C/C=C/CCCCCCCCCCCC(=O)O[C@H](COC(=O)CCCCCCCCCCCCCCCCCCC)COP(=O)(O)OC[C@H](N)C(=O)O. The lowest BCUT2D eigenvalue weighted by molar-refractivity contribution is -0.161. The number of esters is 2. The Kier molecular flexibility index (Phi) is 42.1. The zero-order valence-electron chi connectivity index (χ0n) is 38.3. The van der Waals surface area contributed by atoms with E-state index in [1.165, 1.54) is 141 Å². The maximum Gasteiger partial charge on any atom is 0.472 e. The molecule has 0 amide bonds. The molecule has 60 heavy (non-hydrogen) atoms. The first-order valence-corrected chi connectivity index (χ1v) is 25.9. The molecule has 1 unspecified atom stereocenters. The normalized spacial score (nSPS) is 13.8. The number of allylic oxidation sites excluding steroid dienone is 4. The molecule has 0 aliphatic rings. The summed E-state index contributed by atoms with van der Waals surface area (Å²) in [5.74, 6) is -2.37. The topological polar surface area (TPSA) is 172 Å². The summed E-state index contributed by atoms with van der Waals surface area (Å²) in [5.41, 5.74) is 5.35. The second-order valence-electron chi connectivity index (χ2n) is 16.6. The summed E-state index contributed by atoms with van der Waals surface area (Å²) in [6.07, 6.45) is 46.6. The molecule has 0 heterocycles. The molecule has 0 aromatic rings. The van der Waals surface area contributed by atoms with Crippen LogP contribution in [0.5, 0.6) is 0 Å². The summed E-state index contributed by atoms with van der Waals surface area (Å²) in [4.78, 5) is 46.1. The van der Waals surface area contributed by atoms with Gasteiger partial charge >= 0.3 is 25.7 Å². The van der Waals surface area contributed by atoms with E-state index in [1.807, 2.05) is 0 Å². The van der Waals surface area contributed by atoms with Gasteiger partial charge in [0, 0.05) is 12.8 Å². The maximum absolute atomic E-state index is 12.7. The van der Waals surface area contributed by atoms with Crippen molar-refractivity contribution >= 4 is 25.7 Å². The molecule has 0 rings (SSSR count). The Morgan fingerprint density at radius 1 is 0.517 bits per heavy atom. The van der Waals surface area contributed by atoms with Gasteiger partial charge in [-0.3, -0.25) is 23.4 Å². The van der Waals surface area contributed by atoms with Crippen LogP contribution in [0.4, 0.5) is 0 Å². The molecule has 3 atom stereocenters. The Labute approximate surface area is 366 Å².